The van der Waals surface area contributed by atoms with Crippen molar-refractivity contribution in [2.24, 2.45) is 0 Å². The molecule has 0 unspecified atom stereocenters. The van der Waals surface area contributed by atoms with E-state index in [1.807, 2.05) is 0 Å². The third-order valence-electron chi connectivity index (χ3n) is 1.67. The fourth-order valence-corrected chi connectivity index (χ4v) is 1.01. The molecule has 1 N–H and O–H groups in total. The van der Waals surface area contributed by atoms with Crippen molar-refractivity contribution in [3.05, 3.63) is 22.0 Å². The number of carboxylic acid groups (broad SMARTS) is 1. The van der Waals surface area contributed by atoms with E-state index in [9.17, 15) is 14.9 Å². The highest BCUT2D eigenvalue weighted by Crippen LogP contribution is 2.14. The van der Waals surface area contributed by atoms with Gasteiger partial charge in [-0.25, -0.2) is 0 Å². The van der Waals surface area contributed by atoms with E-state index in [0.717, 1.165) is 0 Å². The van der Waals surface area contributed by atoms with Crippen LogP contribution in [-0.2, 0) is 11.3 Å². The quantitative estimate of drug-likeness (QED) is 0.564. The maximum Gasteiger partial charge on any atom is 0.309 e. The maximum atomic E-state index is 10.4. The molecule has 0 aliphatic heterocycles. The van der Waals surface area contributed by atoms with Crippen molar-refractivity contribution in [3.8, 4) is 0 Å². The van der Waals surface area contributed by atoms with Gasteiger partial charge in [0.2, 0.25) is 0 Å². The lowest BCUT2D eigenvalue weighted by molar-refractivity contribution is -0.385. The second-order valence-corrected chi connectivity index (χ2v) is 2.76. The summed E-state index contributed by atoms with van der Waals surface area (Å²) < 4.78 is 1.27. The molecule has 0 aliphatic carbocycles. The summed E-state index contributed by atoms with van der Waals surface area (Å²) in [6, 6.07) is 0. The van der Waals surface area contributed by atoms with Gasteiger partial charge in [0.1, 0.15) is 11.9 Å². The lowest BCUT2D eigenvalue weighted by atomic mass is 10.4. The third-order valence-corrected chi connectivity index (χ3v) is 1.67. The fraction of sp³-hybridized carbons (Fsp3) is 0.429. The Hall–Kier alpha value is -1.92. The maximum absolute atomic E-state index is 10.4. The van der Waals surface area contributed by atoms with Gasteiger partial charge < -0.3 is 5.11 Å². The molecular weight excluding hydrogens is 190 g/mol. The summed E-state index contributed by atoms with van der Waals surface area (Å²) in [5.41, 5.74) is 0.204. The number of carbonyl (C=O) groups is 1. The first kappa shape index (κ1) is 10.2. The molecule has 0 fully saturated rings. The molecule has 1 aromatic rings. The van der Waals surface area contributed by atoms with E-state index in [0.29, 0.717) is 5.69 Å². The molecule has 7 nitrogen and oxygen atoms in total. The summed E-state index contributed by atoms with van der Waals surface area (Å²) in [6.45, 7) is 1.65. The van der Waals surface area contributed by atoms with Crippen LogP contribution in [0.2, 0.25) is 0 Å². The number of aromatic nitrogens is 2. The third kappa shape index (κ3) is 2.28. The molecule has 0 bridgehead atoms. The zero-order chi connectivity index (χ0) is 10.7. The number of nitrogens with zero attached hydrogens (tertiary/aromatic N) is 3. The van der Waals surface area contributed by atoms with Gasteiger partial charge in [-0.05, 0) is 6.92 Å². The van der Waals surface area contributed by atoms with Gasteiger partial charge >= 0.3 is 11.7 Å². The molecule has 0 amide bonds. The van der Waals surface area contributed by atoms with Gasteiger partial charge in [0.05, 0.1) is 17.9 Å². The minimum atomic E-state index is -0.958. The van der Waals surface area contributed by atoms with Gasteiger partial charge in [-0.3, -0.25) is 19.6 Å². The predicted molar refractivity (Wildman–Crippen MR) is 45.9 cm³/mol. The minimum Gasteiger partial charge on any atom is -0.481 e. The lowest BCUT2D eigenvalue weighted by Gasteiger charge is -1.94. The summed E-state index contributed by atoms with van der Waals surface area (Å²) in [7, 11) is 0. The van der Waals surface area contributed by atoms with Crippen molar-refractivity contribution < 1.29 is 14.8 Å². The zero-order valence-corrected chi connectivity index (χ0v) is 7.51. The molecule has 0 saturated heterocycles. The van der Waals surface area contributed by atoms with Crippen molar-refractivity contribution in [2.75, 3.05) is 0 Å². The van der Waals surface area contributed by atoms with E-state index in [1.54, 1.807) is 0 Å². The normalized spacial score (nSPS) is 10.1. The number of carboxylic acids is 1. The highest BCUT2D eigenvalue weighted by molar-refractivity contribution is 5.66. The van der Waals surface area contributed by atoms with E-state index in [-0.39, 0.29) is 18.7 Å². The van der Waals surface area contributed by atoms with Gasteiger partial charge in [0, 0.05) is 0 Å². The molecule has 0 aromatic carbocycles. The van der Waals surface area contributed by atoms with Crippen molar-refractivity contribution in [1.82, 2.24) is 9.78 Å². The van der Waals surface area contributed by atoms with E-state index >= 15 is 0 Å². The molecule has 7 heteroatoms. The molecule has 14 heavy (non-hydrogen) atoms. The number of hydrogen-bond acceptors (Lipinski definition) is 4. The Morgan fingerprint density at radius 1 is 1.79 bits per heavy atom. The molecule has 0 saturated carbocycles. The van der Waals surface area contributed by atoms with E-state index in [2.05, 4.69) is 5.10 Å². The summed E-state index contributed by atoms with van der Waals surface area (Å²) in [4.78, 5) is 20.1. The van der Waals surface area contributed by atoms with Crippen LogP contribution in [0.15, 0.2) is 6.20 Å². The molecule has 0 aliphatic rings. The molecule has 0 spiro atoms. The van der Waals surface area contributed by atoms with E-state index in [4.69, 9.17) is 5.11 Å². The Labute approximate surface area is 79.1 Å². The monoisotopic (exact) mass is 199 g/mol. The number of nitro groups is 1. The standard InChI is InChI=1S/C7H9N3O4/c1-5-6(10(13)14)4-9(8-5)3-2-7(11)12/h4H,2-3H2,1H3,(H,11,12). The van der Waals surface area contributed by atoms with Gasteiger partial charge in [-0.1, -0.05) is 0 Å². The Kier molecular flexibility index (Phi) is 2.80. The van der Waals surface area contributed by atoms with Gasteiger partial charge in [0.25, 0.3) is 0 Å². The lowest BCUT2D eigenvalue weighted by Crippen LogP contribution is -2.04. The molecule has 1 aromatic heterocycles. The fourth-order valence-electron chi connectivity index (χ4n) is 1.01. The first-order chi connectivity index (χ1) is 6.50. The Morgan fingerprint density at radius 2 is 2.43 bits per heavy atom. The molecule has 1 heterocycles. The number of aliphatic carboxylic acids is 1. The average Bonchev–Trinajstić information content (AvgIpc) is 2.43. The number of hydrogen-bond donors (Lipinski definition) is 1. The summed E-state index contributed by atoms with van der Waals surface area (Å²) in [6.07, 6.45) is 1.14. The van der Waals surface area contributed by atoms with Gasteiger partial charge in [-0.15, -0.1) is 0 Å². The van der Waals surface area contributed by atoms with Crippen LogP contribution >= 0.6 is 0 Å². The second-order valence-electron chi connectivity index (χ2n) is 2.76. The SMILES string of the molecule is Cc1nn(CCC(=O)O)cc1[N+](=O)[O-]. The van der Waals surface area contributed by atoms with Gasteiger partial charge in [-0.2, -0.15) is 5.10 Å². The Bertz CT molecular complexity index is 371. The van der Waals surface area contributed by atoms with Crippen LogP contribution in [0.4, 0.5) is 5.69 Å². The molecule has 1 rings (SSSR count). The van der Waals surface area contributed by atoms with Gasteiger partial charge in [0.15, 0.2) is 0 Å². The molecule has 0 atom stereocenters. The van der Waals surface area contributed by atoms with E-state index in [1.165, 1.54) is 17.8 Å². The predicted octanol–water partition coefficient (Wildman–Crippen LogP) is 0.574. The van der Waals surface area contributed by atoms with Crippen LogP contribution in [0.3, 0.4) is 0 Å². The Morgan fingerprint density at radius 3 is 2.86 bits per heavy atom. The van der Waals surface area contributed by atoms with E-state index < -0.39 is 10.9 Å². The number of rotatable bonds is 4. The van der Waals surface area contributed by atoms with Crippen molar-refractivity contribution >= 4 is 11.7 Å². The van der Waals surface area contributed by atoms with Crippen molar-refractivity contribution in [2.45, 2.75) is 19.9 Å². The molecular formula is C7H9N3O4. The van der Waals surface area contributed by atoms with Crippen LogP contribution in [-0.4, -0.2) is 25.8 Å². The first-order valence-corrected chi connectivity index (χ1v) is 3.91. The molecule has 0 radical (unpaired) electrons. The highest BCUT2D eigenvalue weighted by atomic mass is 16.6. The van der Waals surface area contributed by atoms with Crippen LogP contribution in [0.5, 0.6) is 0 Å². The minimum absolute atomic E-state index is 0.0876. The van der Waals surface area contributed by atoms with Crippen molar-refractivity contribution in [3.63, 3.8) is 0 Å². The summed E-state index contributed by atoms with van der Waals surface area (Å²) >= 11 is 0. The zero-order valence-electron chi connectivity index (χ0n) is 7.51. The average molecular weight is 199 g/mol. The summed E-state index contributed by atoms with van der Waals surface area (Å²) in [5.74, 6) is -0.958. The largest absolute Gasteiger partial charge is 0.481 e. The second kappa shape index (κ2) is 3.86. The highest BCUT2D eigenvalue weighted by Gasteiger charge is 2.15. The van der Waals surface area contributed by atoms with Crippen LogP contribution in [0.1, 0.15) is 12.1 Å². The van der Waals surface area contributed by atoms with Crippen LogP contribution in [0.25, 0.3) is 0 Å². The van der Waals surface area contributed by atoms with Crippen LogP contribution < -0.4 is 0 Å². The van der Waals surface area contributed by atoms with Crippen LogP contribution in [0, 0.1) is 17.0 Å². The summed E-state index contributed by atoms with van der Waals surface area (Å²) in [5, 5.41) is 22.6. The Balaban J connectivity index is 2.76. The number of aryl methyl sites for hydroxylation is 2. The van der Waals surface area contributed by atoms with Crippen molar-refractivity contribution in [1.29, 1.82) is 0 Å². The molecule has 76 valence electrons. The first-order valence-electron chi connectivity index (χ1n) is 3.91. The topological polar surface area (TPSA) is 98.3 Å². The smallest absolute Gasteiger partial charge is 0.309 e.